The van der Waals surface area contributed by atoms with E-state index in [1.54, 1.807) is 11.3 Å². The summed E-state index contributed by atoms with van der Waals surface area (Å²) in [5.74, 6) is 0. The maximum atomic E-state index is 11.6. The highest BCUT2D eigenvalue weighted by Crippen LogP contribution is 2.26. The lowest BCUT2D eigenvalue weighted by molar-refractivity contribution is 0.0523. The number of fused-ring (bicyclic) bond motifs is 1. The standard InChI is InChI=1S/C15H21N3O2S/c1-15(2,3)20-14(19)16-9-13-17-11-8-10(18(4)5)6-7-12(11)21-13/h6-8H,9H2,1-5H3,(H,16,19). The third-order valence-corrected chi connectivity index (χ3v) is 3.75. The number of amides is 1. The summed E-state index contributed by atoms with van der Waals surface area (Å²) in [7, 11) is 4.00. The van der Waals surface area contributed by atoms with Crippen molar-refractivity contribution >= 4 is 33.3 Å². The maximum Gasteiger partial charge on any atom is 0.408 e. The van der Waals surface area contributed by atoms with Crippen LogP contribution in [0.1, 0.15) is 25.8 Å². The Balaban J connectivity index is 2.04. The Labute approximate surface area is 128 Å². The molecule has 0 saturated heterocycles. The molecule has 0 atom stereocenters. The Morgan fingerprint density at radius 2 is 2.10 bits per heavy atom. The number of anilines is 1. The second-order valence-corrected chi connectivity index (χ2v) is 7.12. The molecule has 2 aromatic rings. The smallest absolute Gasteiger partial charge is 0.408 e. The summed E-state index contributed by atoms with van der Waals surface area (Å²) in [4.78, 5) is 18.2. The van der Waals surface area contributed by atoms with Gasteiger partial charge in [0.1, 0.15) is 10.6 Å². The zero-order chi connectivity index (χ0) is 15.6. The van der Waals surface area contributed by atoms with Crippen molar-refractivity contribution in [2.75, 3.05) is 19.0 Å². The highest BCUT2D eigenvalue weighted by Gasteiger charge is 2.16. The van der Waals surface area contributed by atoms with Crippen LogP contribution in [0.3, 0.4) is 0 Å². The van der Waals surface area contributed by atoms with Crippen LogP contribution in [-0.4, -0.2) is 30.8 Å². The molecule has 0 aliphatic heterocycles. The van der Waals surface area contributed by atoms with Crippen molar-refractivity contribution < 1.29 is 9.53 Å². The fraction of sp³-hybridized carbons (Fsp3) is 0.467. The normalized spacial score (nSPS) is 11.5. The zero-order valence-corrected chi connectivity index (χ0v) is 13.9. The monoisotopic (exact) mass is 307 g/mol. The number of carbonyl (C=O) groups is 1. The van der Waals surface area contributed by atoms with E-state index in [-0.39, 0.29) is 0 Å². The minimum absolute atomic E-state index is 0.381. The van der Waals surface area contributed by atoms with Crippen LogP contribution in [-0.2, 0) is 11.3 Å². The van der Waals surface area contributed by atoms with E-state index in [4.69, 9.17) is 4.74 Å². The molecule has 0 fully saturated rings. The van der Waals surface area contributed by atoms with E-state index in [0.717, 1.165) is 20.9 Å². The van der Waals surface area contributed by atoms with Gasteiger partial charge in [0.05, 0.1) is 16.8 Å². The zero-order valence-electron chi connectivity index (χ0n) is 13.1. The maximum absolute atomic E-state index is 11.6. The molecule has 5 nitrogen and oxygen atoms in total. The average molecular weight is 307 g/mol. The fourth-order valence-electron chi connectivity index (χ4n) is 1.78. The van der Waals surface area contributed by atoms with Crippen LogP contribution in [0.15, 0.2) is 18.2 Å². The van der Waals surface area contributed by atoms with Crippen molar-refractivity contribution in [1.29, 1.82) is 0 Å². The van der Waals surface area contributed by atoms with Gasteiger partial charge in [-0.2, -0.15) is 0 Å². The molecule has 2 rings (SSSR count). The van der Waals surface area contributed by atoms with Crippen molar-refractivity contribution in [1.82, 2.24) is 10.3 Å². The Kier molecular flexibility index (Phi) is 4.37. The molecule has 1 N–H and O–H groups in total. The van der Waals surface area contributed by atoms with Crippen LogP contribution in [0.4, 0.5) is 10.5 Å². The van der Waals surface area contributed by atoms with Crippen LogP contribution in [0.25, 0.3) is 10.2 Å². The number of hydrogen-bond acceptors (Lipinski definition) is 5. The first kappa shape index (κ1) is 15.6. The first-order valence-corrected chi connectivity index (χ1v) is 7.60. The minimum Gasteiger partial charge on any atom is -0.444 e. The SMILES string of the molecule is CN(C)c1ccc2sc(CNC(=O)OC(C)(C)C)nc2c1. The Hall–Kier alpha value is -1.82. The lowest BCUT2D eigenvalue weighted by atomic mass is 10.2. The Bertz CT molecular complexity index is 644. The molecule has 0 unspecified atom stereocenters. The molecule has 0 aliphatic carbocycles. The molecule has 1 aromatic heterocycles. The summed E-state index contributed by atoms with van der Waals surface area (Å²) in [5, 5.41) is 3.60. The van der Waals surface area contributed by atoms with Gasteiger partial charge in [-0.05, 0) is 39.0 Å². The van der Waals surface area contributed by atoms with Gasteiger partial charge in [-0.15, -0.1) is 11.3 Å². The van der Waals surface area contributed by atoms with Gasteiger partial charge in [-0.1, -0.05) is 0 Å². The number of nitrogens with zero attached hydrogens (tertiary/aromatic N) is 2. The predicted molar refractivity (Wildman–Crippen MR) is 87.0 cm³/mol. The van der Waals surface area contributed by atoms with Gasteiger partial charge < -0.3 is 15.0 Å². The summed E-state index contributed by atoms with van der Waals surface area (Å²) in [6.07, 6.45) is -0.421. The number of nitrogens with one attached hydrogen (secondary N) is 1. The molecule has 0 spiro atoms. The van der Waals surface area contributed by atoms with E-state index in [1.807, 2.05) is 45.8 Å². The summed E-state index contributed by atoms with van der Waals surface area (Å²) < 4.78 is 6.32. The van der Waals surface area contributed by atoms with Crippen LogP contribution in [0.5, 0.6) is 0 Å². The number of aromatic nitrogens is 1. The molecular formula is C15H21N3O2S. The summed E-state index contributed by atoms with van der Waals surface area (Å²) in [6.45, 7) is 5.90. The van der Waals surface area contributed by atoms with E-state index in [2.05, 4.69) is 22.4 Å². The topological polar surface area (TPSA) is 54.5 Å². The second kappa shape index (κ2) is 5.89. The highest BCUT2D eigenvalue weighted by atomic mass is 32.1. The quantitative estimate of drug-likeness (QED) is 0.944. The van der Waals surface area contributed by atoms with Crippen LogP contribution in [0.2, 0.25) is 0 Å². The predicted octanol–water partition coefficient (Wildman–Crippen LogP) is 3.39. The Morgan fingerprint density at radius 3 is 2.71 bits per heavy atom. The molecule has 1 aromatic carbocycles. The van der Waals surface area contributed by atoms with Crippen LogP contribution in [0, 0.1) is 0 Å². The summed E-state index contributed by atoms with van der Waals surface area (Å²) in [5.41, 5.74) is 1.57. The molecule has 0 bridgehead atoms. The summed E-state index contributed by atoms with van der Waals surface area (Å²) in [6, 6.07) is 6.16. The van der Waals surface area contributed by atoms with Crippen molar-refractivity contribution in [3.05, 3.63) is 23.2 Å². The largest absolute Gasteiger partial charge is 0.444 e. The van der Waals surface area contributed by atoms with Gasteiger partial charge in [0.15, 0.2) is 0 Å². The number of carbonyl (C=O) groups excluding carboxylic acids is 1. The second-order valence-electron chi connectivity index (χ2n) is 6.01. The lowest BCUT2D eigenvalue weighted by Gasteiger charge is -2.19. The average Bonchev–Trinajstić information content (AvgIpc) is 2.75. The number of alkyl carbamates (subject to hydrolysis) is 1. The Morgan fingerprint density at radius 1 is 1.38 bits per heavy atom. The molecule has 1 amide bonds. The van der Waals surface area contributed by atoms with Gasteiger partial charge >= 0.3 is 6.09 Å². The van der Waals surface area contributed by atoms with Gasteiger partial charge in [-0.25, -0.2) is 9.78 Å². The fourth-order valence-corrected chi connectivity index (χ4v) is 2.67. The van der Waals surface area contributed by atoms with Gasteiger partial charge in [-0.3, -0.25) is 0 Å². The van der Waals surface area contributed by atoms with E-state index in [0.29, 0.717) is 6.54 Å². The third-order valence-electron chi connectivity index (χ3n) is 2.71. The molecule has 21 heavy (non-hydrogen) atoms. The molecule has 114 valence electrons. The molecular weight excluding hydrogens is 286 g/mol. The van der Waals surface area contributed by atoms with Crippen LogP contribution < -0.4 is 10.2 Å². The molecule has 0 aliphatic rings. The minimum atomic E-state index is -0.488. The lowest BCUT2D eigenvalue weighted by Crippen LogP contribution is -2.32. The van der Waals surface area contributed by atoms with E-state index in [1.165, 1.54) is 0 Å². The van der Waals surface area contributed by atoms with Gasteiger partial charge in [0.25, 0.3) is 0 Å². The number of rotatable bonds is 3. The van der Waals surface area contributed by atoms with Crippen molar-refractivity contribution in [3.8, 4) is 0 Å². The van der Waals surface area contributed by atoms with Gasteiger partial charge in [0, 0.05) is 19.8 Å². The van der Waals surface area contributed by atoms with E-state index in [9.17, 15) is 4.79 Å². The van der Waals surface area contributed by atoms with Gasteiger partial charge in [0.2, 0.25) is 0 Å². The first-order chi connectivity index (χ1) is 9.74. The third kappa shape index (κ3) is 4.32. The summed E-state index contributed by atoms with van der Waals surface area (Å²) >= 11 is 1.58. The number of thiazole rings is 1. The van der Waals surface area contributed by atoms with Crippen molar-refractivity contribution in [2.24, 2.45) is 0 Å². The highest BCUT2D eigenvalue weighted by molar-refractivity contribution is 7.18. The molecule has 0 radical (unpaired) electrons. The number of ether oxygens (including phenoxy) is 1. The molecule has 0 saturated carbocycles. The van der Waals surface area contributed by atoms with E-state index >= 15 is 0 Å². The number of hydrogen-bond donors (Lipinski definition) is 1. The van der Waals surface area contributed by atoms with Crippen molar-refractivity contribution in [3.63, 3.8) is 0 Å². The first-order valence-electron chi connectivity index (χ1n) is 6.78. The molecule has 6 heteroatoms. The number of benzene rings is 1. The van der Waals surface area contributed by atoms with E-state index < -0.39 is 11.7 Å². The molecule has 1 heterocycles. The van der Waals surface area contributed by atoms with Crippen LogP contribution >= 0.6 is 11.3 Å². The van der Waals surface area contributed by atoms with Crippen molar-refractivity contribution in [2.45, 2.75) is 32.9 Å².